The maximum absolute atomic E-state index is 13.9. The van der Waals surface area contributed by atoms with Crippen molar-refractivity contribution in [3.05, 3.63) is 136 Å². The van der Waals surface area contributed by atoms with Crippen LogP contribution in [0.2, 0.25) is 0 Å². The minimum absolute atomic E-state index is 0.150. The minimum Gasteiger partial charge on any atom is -0.481 e. The number of hydrogen-bond donors (Lipinski definition) is 2. The molecule has 2 unspecified atom stereocenters. The quantitative estimate of drug-likeness (QED) is 0.171. The van der Waals surface area contributed by atoms with Crippen LogP contribution >= 0.6 is 15.9 Å². The standard InChI is InChI=1S/C33H35BrN2O4S/c1-25-12-18-30(19-13-25)41(39,40)36(23-21-27-10-6-3-7-11-27)24-31(33(37)38)32(28-14-16-29(34)17-15-28)35-22-20-26-8-4-2-5-9-26/h2-19,31-32,35H,20-24H2,1H3,(H,37,38). The summed E-state index contributed by atoms with van der Waals surface area (Å²) in [4.78, 5) is 13.0. The summed E-state index contributed by atoms with van der Waals surface area (Å²) in [6, 6.07) is 33.2. The van der Waals surface area contributed by atoms with E-state index < -0.39 is 28.0 Å². The predicted molar refractivity (Wildman–Crippen MR) is 166 cm³/mol. The highest BCUT2D eigenvalue weighted by Crippen LogP contribution is 2.28. The van der Waals surface area contributed by atoms with E-state index in [0.717, 1.165) is 26.7 Å². The molecule has 0 heterocycles. The first-order chi connectivity index (χ1) is 19.7. The van der Waals surface area contributed by atoms with Crippen LogP contribution in [0, 0.1) is 12.8 Å². The van der Waals surface area contributed by atoms with Crippen LogP contribution in [0.4, 0.5) is 0 Å². The van der Waals surface area contributed by atoms with Crippen LogP contribution in [0.25, 0.3) is 0 Å². The fourth-order valence-electron chi connectivity index (χ4n) is 4.79. The number of carboxylic acids is 1. The maximum Gasteiger partial charge on any atom is 0.309 e. The summed E-state index contributed by atoms with van der Waals surface area (Å²) in [5, 5.41) is 14.0. The largest absolute Gasteiger partial charge is 0.481 e. The van der Waals surface area contributed by atoms with Crippen LogP contribution in [0.1, 0.15) is 28.3 Å². The molecule has 0 saturated heterocycles. The topological polar surface area (TPSA) is 86.7 Å². The van der Waals surface area contributed by atoms with E-state index in [9.17, 15) is 18.3 Å². The van der Waals surface area contributed by atoms with Gasteiger partial charge in [-0.15, -0.1) is 0 Å². The lowest BCUT2D eigenvalue weighted by molar-refractivity contribution is -0.143. The third-order valence-corrected chi connectivity index (χ3v) is 9.53. The molecule has 6 nitrogen and oxygen atoms in total. The number of carbonyl (C=O) groups is 1. The van der Waals surface area contributed by atoms with E-state index in [2.05, 4.69) is 21.2 Å². The zero-order valence-corrected chi connectivity index (χ0v) is 25.4. The van der Waals surface area contributed by atoms with Crippen molar-refractivity contribution in [2.45, 2.75) is 30.7 Å². The number of nitrogens with zero attached hydrogens (tertiary/aromatic N) is 1. The number of nitrogens with one attached hydrogen (secondary N) is 1. The minimum atomic E-state index is -3.97. The number of benzene rings is 4. The highest BCUT2D eigenvalue weighted by Gasteiger charge is 2.35. The van der Waals surface area contributed by atoms with E-state index >= 15 is 0 Å². The summed E-state index contributed by atoms with van der Waals surface area (Å²) < 4.78 is 30.1. The first kappa shape index (κ1) is 30.7. The van der Waals surface area contributed by atoms with Crippen molar-refractivity contribution >= 4 is 31.9 Å². The van der Waals surface area contributed by atoms with Gasteiger partial charge in [0.05, 0.1) is 10.8 Å². The SMILES string of the molecule is Cc1ccc(S(=O)(=O)N(CCc2ccccc2)CC(C(=O)O)C(NCCc2ccccc2)c2ccc(Br)cc2)cc1. The second-order valence-electron chi connectivity index (χ2n) is 10.1. The molecule has 0 aliphatic carbocycles. The molecule has 0 amide bonds. The van der Waals surface area contributed by atoms with Gasteiger partial charge in [-0.05, 0) is 67.3 Å². The molecule has 0 spiro atoms. The number of carboxylic acid groups (broad SMARTS) is 1. The molecular formula is C33H35BrN2O4S. The molecule has 0 aromatic heterocycles. The second kappa shape index (κ2) is 14.5. The highest BCUT2D eigenvalue weighted by molar-refractivity contribution is 9.10. The lowest BCUT2D eigenvalue weighted by Crippen LogP contribution is -2.44. The van der Waals surface area contributed by atoms with Gasteiger partial charge >= 0.3 is 5.97 Å². The molecular weight excluding hydrogens is 600 g/mol. The number of sulfonamides is 1. The average Bonchev–Trinajstić information content (AvgIpc) is 2.97. The Balaban J connectivity index is 1.65. The van der Waals surface area contributed by atoms with Gasteiger partial charge in [0.2, 0.25) is 10.0 Å². The Morgan fingerprint density at radius 1 is 0.829 bits per heavy atom. The van der Waals surface area contributed by atoms with Crippen LogP contribution in [-0.4, -0.2) is 43.4 Å². The summed E-state index contributed by atoms with van der Waals surface area (Å²) in [6.07, 6.45) is 1.17. The van der Waals surface area contributed by atoms with Crippen LogP contribution in [0.3, 0.4) is 0 Å². The molecule has 0 aliphatic rings. The van der Waals surface area contributed by atoms with Gasteiger partial charge < -0.3 is 10.4 Å². The lowest BCUT2D eigenvalue weighted by Gasteiger charge is -2.31. The Morgan fingerprint density at radius 2 is 1.39 bits per heavy atom. The van der Waals surface area contributed by atoms with Crippen LogP contribution in [0.5, 0.6) is 0 Å². The average molecular weight is 636 g/mol. The van der Waals surface area contributed by atoms with Gasteiger partial charge in [0, 0.05) is 23.6 Å². The zero-order chi connectivity index (χ0) is 29.2. The molecule has 0 aliphatic heterocycles. The van der Waals surface area contributed by atoms with Crippen molar-refractivity contribution in [3.63, 3.8) is 0 Å². The molecule has 0 radical (unpaired) electrons. The van der Waals surface area contributed by atoms with Crippen molar-refractivity contribution in [2.75, 3.05) is 19.6 Å². The highest BCUT2D eigenvalue weighted by atomic mass is 79.9. The van der Waals surface area contributed by atoms with Gasteiger partial charge in [-0.2, -0.15) is 4.31 Å². The van der Waals surface area contributed by atoms with E-state index in [1.54, 1.807) is 24.3 Å². The Labute approximate surface area is 251 Å². The van der Waals surface area contributed by atoms with E-state index in [0.29, 0.717) is 19.4 Å². The van der Waals surface area contributed by atoms with Crippen molar-refractivity contribution in [1.82, 2.24) is 9.62 Å². The number of rotatable bonds is 14. The molecule has 2 N–H and O–H groups in total. The summed E-state index contributed by atoms with van der Waals surface area (Å²) in [7, 11) is -3.97. The molecule has 4 rings (SSSR count). The van der Waals surface area contributed by atoms with Gasteiger partial charge in [0.25, 0.3) is 0 Å². The second-order valence-corrected chi connectivity index (χ2v) is 12.9. The van der Waals surface area contributed by atoms with Gasteiger partial charge in [0.1, 0.15) is 0 Å². The first-order valence-corrected chi connectivity index (χ1v) is 15.8. The van der Waals surface area contributed by atoms with Crippen LogP contribution in [-0.2, 0) is 27.7 Å². The Hall–Kier alpha value is -3.30. The lowest BCUT2D eigenvalue weighted by atomic mass is 9.92. The van der Waals surface area contributed by atoms with Crippen molar-refractivity contribution in [1.29, 1.82) is 0 Å². The fraction of sp³-hybridized carbons (Fsp3) is 0.242. The Morgan fingerprint density at radius 3 is 1.95 bits per heavy atom. The Kier molecular flexibility index (Phi) is 10.9. The Bertz CT molecular complexity index is 1500. The summed E-state index contributed by atoms with van der Waals surface area (Å²) in [6.45, 7) is 2.40. The number of aliphatic carboxylic acids is 1. The molecule has 214 valence electrons. The maximum atomic E-state index is 13.9. The fourth-order valence-corrected chi connectivity index (χ4v) is 6.52. The monoisotopic (exact) mass is 634 g/mol. The van der Waals surface area contributed by atoms with E-state index in [1.807, 2.05) is 91.9 Å². The number of hydrogen-bond acceptors (Lipinski definition) is 4. The molecule has 2 atom stereocenters. The van der Waals surface area contributed by atoms with Gasteiger partial charge in [0.15, 0.2) is 0 Å². The molecule has 0 saturated carbocycles. The van der Waals surface area contributed by atoms with E-state index in [4.69, 9.17) is 0 Å². The van der Waals surface area contributed by atoms with Crippen molar-refractivity contribution in [3.8, 4) is 0 Å². The van der Waals surface area contributed by atoms with E-state index in [1.165, 1.54) is 4.31 Å². The van der Waals surface area contributed by atoms with Gasteiger partial charge in [-0.3, -0.25) is 4.79 Å². The number of halogens is 1. The van der Waals surface area contributed by atoms with Gasteiger partial charge in [-0.25, -0.2) is 8.42 Å². The van der Waals surface area contributed by atoms with Crippen molar-refractivity contribution in [2.24, 2.45) is 5.92 Å². The molecule has 0 bridgehead atoms. The molecule has 4 aromatic rings. The zero-order valence-electron chi connectivity index (χ0n) is 23.0. The summed E-state index contributed by atoms with van der Waals surface area (Å²) in [5.41, 5.74) is 3.84. The van der Waals surface area contributed by atoms with Crippen molar-refractivity contribution < 1.29 is 18.3 Å². The molecule has 41 heavy (non-hydrogen) atoms. The molecule has 4 aromatic carbocycles. The smallest absolute Gasteiger partial charge is 0.309 e. The predicted octanol–water partition coefficient (Wildman–Crippen LogP) is 6.27. The molecule has 0 fully saturated rings. The van der Waals surface area contributed by atoms with E-state index in [-0.39, 0.29) is 18.0 Å². The third kappa shape index (κ3) is 8.60. The summed E-state index contributed by atoms with van der Waals surface area (Å²) in [5.74, 6) is -2.10. The normalized spacial score (nSPS) is 13.1. The summed E-state index contributed by atoms with van der Waals surface area (Å²) >= 11 is 3.46. The van der Waals surface area contributed by atoms with Crippen LogP contribution in [0.15, 0.2) is 119 Å². The van der Waals surface area contributed by atoms with Gasteiger partial charge in [-0.1, -0.05) is 106 Å². The van der Waals surface area contributed by atoms with Crippen LogP contribution < -0.4 is 5.32 Å². The first-order valence-electron chi connectivity index (χ1n) is 13.6. The number of aryl methyl sites for hydroxylation is 1. The third-order valence-electron chi connectivity index (χ3n) is 7.12. The molecule has 8 heteroatoms.